The van der Waals surface area contributed by atoms with E-state index in [1.165, 1.54) is 43.2 Å². The van der Waals surface area contributed by atoms with Gasteiger partial charge in [0.05, 0.1) is 15.2 Å². The molecule has 1 amide bonds. The maximum atomic E-state index is 12.3. The molecule has 0 aliphatic heterocycles. The van der Waals surface area contributed by atoms with Crippen molar-refractivity contribution in [2.24, 2.45) is 0 Å². The van der Waals surface area contributed by atoms with E-state index in [1.54, 1.807) is 11.3 Å². The molecule has 134 valence electrons. The average molecular weight is 358 g/mol. The van der Waals surface area contributed by atoms with Crippen molar-refractivity contribution in [2.45, 2.75) is 75.9 Å². The molecule has 0 bridgehead atoms. The molecule has 0 saturated heterocycles. The normalized spacial score (nSPS) is 24.2. The monoisotopic (exact) mass is 357 g/mol. The molecule has 4 nitrogen and oxygen atoms in total. The van der Waals surface area contributed by atoms with Crippen molar-refractivity contribution >= 4 is 27.5 Å². The van der Waals surface area contributed by atoms with Gasteiger partial charge in [0.25, 0.3) is 0 Å². The van der Waals surface area contributed by atoms with Gasteiger partial charge < -0.3 is 10.6 Å². The lowest BCUT2D eigenvalue weighted by atomic mass is 9.84. The van der Waals surface area contributed by atoms with Crippen LogP contribution < -0.4 is 10.6 Å². The Kier molecular flexibility index (Phi) is 5.32. The third kappa shape index (κ3) is 4.21. The number of nitrogens with zero attached hydrogens (tertiary/aromatic N) is 1. The van der Waals surface area contributed by atoms with Crippen LogP contribution in [0, 0.1) is 0 Å². The van der Waals surface area contributed by atoms with Crippen LogP contribution in [0.3, 0.4) is 0 Å². The Morgan fingerprint density at radius 3 is 2.64 bits per heavy atom. The van der Waals surface area contributed by atoms with Crippen molar-refractivity contribution in [3.05, 3.63) is 29.3 Å². The van der Waals surface area contributed by atoms with Gasteiger partial charge in [0.15, 0.2) is 0 Å². The van der Waals surface area contributed by atoms with Crippen LogP contribution >= 0.6 is 11.3 Å². The summed E-state index contributed by atoms with van der Waals surface area (Å²) in [6.45, 7) is 0. The molecular weight excluding hydrogens is 330 g/mol. The fourth-order valence-electron chi connectivity index (χ4n) is 3.97. The molecule has 0 spiro atoms. The second-order valence-corrected chi connectivity index (χ2v) is 8.55. The first-order valence-electron chi connectivity index (χ1n) is 9.68. The Hall–Kier alpha value is -1.46. The fraction of sp³-hybridized carbons (Fsp3) is 0.600. The van der Waals surface area contributed by atoms with Gasteiger partial charge in [0.2, 0.25) is 5.91 Å². The third-order valence-electron chi connectivity index (χ3n) is 5.58. The number of fused-ring (bicyclic) bond motifs is 1. The van der Waals surface area contributed by atoms with Gasteiger partial charge in [-0.25, -0.2) is 4.98 Å². The van der Waals surface area contributed by atoms with Crippen molar-refractivity contribution in [3.8, 4) is 0 Å². The molecule has 2 aromatic rings. The summed E-state index contributed by atoms with van der Waals surface area (Å²) >= 11 is 1.70. The van der Waals surface area contributed by atoms with Crippen molar-refractivity contribution in [1.29, 1.82) is 0 Å². The smallest absolute Gasteiger partial charge is 0.220 e. The Morgan fingerprint density at radius 1 is 1.08 bits per heavy atom. The largest absolute Gasteiger partial charge is 0.352 e. The summed E-state index contributed by atoms with van der Waals surface area (Å²) in [5, 5.41) is 8.07. The van der Waals surface area contributed by atoms with E-state index in [4.69, 9.17) is 0 Å². The first-order valence-corrected chi connectivity index (χ1v) is 10.5. The van der Waals surface area contributed by atoms with Gasteiger partial charge in [-0.05, 0) is 37.8 Å². The average Bonchev–Trinajstić information content (AvgIpc) is 3.05. The summed E-state index contributed by atoms with van der Waals surface area (Å²) in [6, 6.07) is 9.64. The summed E-state index contributed by atoms with van der Waals surface area (Å²) in [5.41, 5.74) is 1.04. The SMILES string of the molecule is O=C(CCc1nc2ccccc2s1)NC1CCC1NC1CCCCC1. The maximum Gasteiger partial charge on any atom is 0.220 e. The molecule has 2 aliphatic rings. The first kappa shape index (κ1) is 17.0. The van der Waals surface area contributed by atoms with Gasteiger partial charge in [0, 0.05) is 31.0 Å². The Balaban J connectivity index is 1.23. The van der Waals surface area contributed by atoms with Crippen molar-refractivity contribution < 1.29 is 4.79 Å². The predicted octanol–water partition coefficient (Wildman–Crippen LogP) is 3.80. The number of aryl methyl sites for hydroxylation is 1. The molecule has 1 heterocycles. The quantitative estimate of drug-likeness (QED) is 0.827. The van der Waals surface area contributed by atoms with Gasteiger partial charge >= 0.3 is 0 Å². The Morgan fingerprint density at radius 2 is 1.88 bits per heavy atom. The summed E-state index contributed by atoms with van der Waals surface area (Å²) in [4.78, 5) is 16.9. The van der Waals surface area contributed by atoms with Crippen molar-refractivity contribution in [2.75, 3.05) is 0 Å². The Labute approximate surface area is 153 Å². The van der Waals surface area contributed by atoms with E-state index < -0.39 is 0 Å². The zero-order valence-electron chi connectivity index (χ0n) is 14.7. The summed E-state index contributed by atoms with van der Waals surface area (Å²) < 4.78 is 1.20. The first-order chi connectivity index (χ1) is 12.3. The fourth-order valence-corrected chi connectivity index (χ4v) is 4.94. The number of benzene rings is 1. The molecule has 2 aliphatic carbocycles. The lowest BCUT2D eigenvalue weighted by molar-refractivity contribution is -0.122. The number of nitrogens with one attached hydrogen (secondary N) is 2. The summed E-state index contributed by atoms with van der Waals surface area (Å²) in [7, 11) is 0. The number of thiazole rings is 1. The number of hydrogen-bond acceptors (Lipinski definition) is 4. The topological polar surface area (TPSA) is 54.0 Å². The highest BCUT2D eigenvalue weighted by Gasteiger charge is 2.33. The molecule has 5 heteroatoms. The molecule has 0 radical (unpaired) electrons. The minimum atomic E-state index is 0.166. The van der Waals surface area contributed by atoms with E-state index >= 15 is 0 Å². The maximum absolute atomic E-state index is 12.3. The third-order valence-corrected chi connectivity index (χ3v) is 6.68. The molecule has 25 heavy (non-hydrogen) atoms. The van der Waals surface area contributed by atoms with Crippen LogP contribution in [-0.4, -0.2) is 29.0 Å². The van der Waals surface area contributed by atoms with E-state index in [9.17, 15) is 4.79 Å². The molecule has 2 atom stereocenters. The van der Waals surface area contributed by atoms with E-state index in [0.717, 1.165) is 23.4 Å². The number of amides is 1. The summed E-state index contributed by atoms with van der Waals surface area (Å²) in [6.07, 6.45) is 10.3. The van der Waals surface area contributed by atoms with Crippen LogP contribution in [-0.2, 0) is 11.2 Å². The highest BCUT2D eigenvalue weighted by Crippen LogP contribution is 2.25. The standard InChI is InChI=1S/C20H27N3OS/c24-19(12-13-20-23-17-8-4-5-9-18(17)25-20)22-16-11-10-15(16)21-14-6-2-1-3-7-14/h4-5,8-9,14-16,21H,1-3,6-7,10-13H2,(H,22,24). The van der Waals surface area contributed by atoms with Gasteiger partial charge in [0.1, 0.15) is 0 Å². The minimum absolute atomic E-state index is 0.166. The lowest BCUT2D eigenvalue weighted by Crippen LogP contribution is -2.59. The predicted molar refractivity (Wildman–Crippen MR) is 103 cm³/mol. The second kappa shape index (κ2) is 7.83. The Bertz CT molecular complexity index is 690. The summed E-state index contributed by atoms with van der Waals surface area (Å²) in [5.74, 6) is 0.166. The van der Waals surface area contributed by atoms with Crippen LogP contribution in [0.1, 0.15) is 56.4 Å². The number of carbonyl (C=O) groups is 1. The molecule has 2 N–H and O–H groups in total. The van der Waals surface area contributed by atoms with Gasteiger partial charge in [-0.15, -0.1) is 11.3 Å². The highest BCUT2D eigenvalue weighted by atomic mass is 32.1. The van der Waals surface area contributed by atoms with E-state index in [0.29, 0.717) is 24.5 Å². The van der Waals surface area contributed by atoms with Crippen molar-refractivity contribution in [3.63, 3.8) is 0 Å². The van der Waals surface area contributed by atoms with E-state index in [-0.39, 0.29) is 5.91 Å². The number of para-hydroxylation sites is 1. The van der Waals surface area contributed by atoms with Crippen LogP contribution in [0.4, 0.5) is 0 Å². The molecular formula is C20H27N3OS. The molecule has 1 aromatic carbocycles. The van der Waals surface area contributed by atoms with Crippen LogP contribution in [0.25, 0.3) is 10.2 Å². The number of aromatic nitrogens is 1. The van der Waals surface area contributed by atoms with Crippen LogP contribution in [0.15, 0.2) is 24.3 Å². The van der Waals surface area contributed by atoms with E-state index in [1.807, 2.05) is 18.2 Å². The number of carbonyl (C=O) groups excluding carboxylic acids is 1. The number of hydrogen-bond donors (Lipinski definition) is 2. The van der Waals surface area contributed by atoms with Gasteiger partial charge in [-0.3, -0.25) is 4.79 Å². The van der Waals surface area contributed by atoms with Crippen molar-refractivity contribution in [1.82, 2.24) is 15.6 Å². The van der Waals surface area contributed by atoms with Crippen LogP contribution in [0.5, 0.6) is 0 Å². The molecule has 1 aromatic heterocycles. The minimum Gasteiger partial charge on any atom is -0.352 e. The van der Waals surface area contributed by atoms with Gasteiger partial charge in [-0.2, -0.15) is 0 Å². The highest BCUT2D eigenvalue weighted by molar-refractivity contribution is 7.18. The zero-order chi connectivity index (χ0) is 17.1. The molecule has 2 fully saturated rings. The lowest BCUT2D eigenvalue weighted by Gasteiger charge is -2.41. The van der Waals surface area contributed by atoms with Crippen LogP contribution in [0.2, 0.25) is 0 Å². The number of rotatable bonds is 6. The molecule has 2 saturated carbocycles. The molecule has 4 rings (SSSR count). The second-order valence-electron chi connectivity index (χ2n) is 7.43. The zero-order valence-corrected chi connectivity index (χ0v) is 15.5. The van der Waals surface area contributed by atoms with Gasteiger partial charge in [-0.1, -0.05) is 31.4 Å². The molecule has 2 unspecified atom stereocenters. The van der Waals surface area contributed by atoms with E-state index in [2.05, 4.69) is 21.7 Å².